The van der Waals surface area contributed by atoms with Crippen LogP contribution < -0.4 is 5.32 Å². The molecule has 108 valence electrons. The Morgan fingerprint density at radius 2 is 1.62 bits per heavy atom. The van der Waals surface area contributed by atoms with Crippen LogP contribution in [0.15, 0.2) is 36.4 Å². The first-order chi connectivity index (χ1) is 9.91. The monoisotopic (exact) mass is 403 g/mol. The molecule has 0 saturated carbocycles. The number of hydrogen-bond acceptors (Lipinski definition) is 2. The smallest absolute Gasteiger partial charge is 0.337 e. The summed E-state index contributed by atoms with van der Waals surface area (Å²) in [6.45, 7) is 0. The molecule has 2 aromatic rings. The van der Waals surface area contributed by atoms with E-state index in [4.69, 9.17) is 5.11 Å². The van der Waals surface area contributed by atoms with Crippen molar-refractivity contribution in [3.8, 4) is 0 Å². The summed E-state index contributed by atoms with van der Waals surface area (Å²) in [4.78, 5) is 23.1. The van der Waals surface area contributed by atoms with Gasteiger partial charge in [0.2, 0.25) is 0 Å². The summed E-state index contributed by atoms with van der Waals surface area (Å²) in [5, 5.41) is 11.3. The zero-order valence-electron chi connectivity index (χ0n) is 10.4. The lowest BCUT2D eigenvalue weighted by molar-refractivity contribution is 0.0698. The molecular weight excluding hydrogens is 395 g/mol. The van der Waals surface area contributed by atoms with Crippen LogP contribution in [0.2, 0.25) is 0 Å². The van der Waals surface area contributed by atoms with Crippen molar-refractivity contribution in [2.45, 2.75) is 0 Å². The molecule has 0 fully saturated rings. The number of carboxylic acid groups (broad SMARTS) is 1. The number of halogens is 3. The quantitative estimate of drug-likeness (QED) is 0.771. The van der Waals surface area contributed by atoms with Gasteiger partial charge in [0, 0.05) is 3.57 Å². The highest BCUT2D eigenvalue weighted by atomic mass is 127. The van der Waals surface area contributed by atoms with Gasteiger partial charge in [0.25, 0.3) is 5.91 Å². The molecule has 2 aromatic carbocycles. The van der Waals surface area contributed by atoms with E-state index in [-0.39, 0.29) is 11.3 Å². The molecule has 0 aliphatic carbocycles. The topological polar surface area (TPSA) is 66.4 Å². The molecule has 1 amide bonds. The van der Waals surface area contributed by atoms with Gasteiger partial charge in [-0.15, -0.1) is 0 Å². The largest absolute Gasteiger partial charge is 0.478 e. The molecule has 0 bridgehead atoms. The minimum atomic E-state index is -1.25. The molecule has 0 aliphatic rings. The van der Waals surface area contributed by atoms with Gasteiger partial charge < -0.3 is 10.4 Å². The molecule has 0 aliphatic heterocycles. The molecule has 4 nitrogen and oxygen atoms in total. The third-order valence-electron chi connectivity index (χ3n) is 2.67. The first-order valence-electron chi connectivity index (χ1n) is 5.69. The highest BCUT2D eigenvalue weighted by Gasteiger charge is 2.20. The second-order valence-corrected chi connectivity index (χ2v) is 5.18. The van der Waals surface area contributed by atoms with Crippen molar-refractivity contribution < 1.29 is 23.5 Å². The van der Waals surface area contributed by atoms with Gasteiger partial charge in [-0.05, 0) is 46.9 Å². The van der Waals surface area contributed by atoms with Gasteiger partial charge in [0.1, 0.15) is 17.2 Å². The number of anilines is 1. The molecule has 2 N–H and O–H groups in total. The molecular formula is C14H8F2INO3. The van der Waals surface area contributed by atoms with E-state index in [0.29, 0.717) is 3.57 Å². The van der Waals surface area contributed by atoms with Gasteiger partial charge >= 0.3 is 5.97 Å². The Labute approximate surface area is 131 Å². The number of carbonyl (C=O) groups is 2. The number of rotatable bonds is 3. The van der Waals surface area contributed by atoms with E-state index in [1.54, 1.807) is 6.07 Å². The van der Waals surface area contributed by atoms with Gasteiger partial charge in [-0.1, -0.05) is 12.1 Å². The van der Waals surface area contributed by atoms with E-state index in [0.717, 1.165) is 18.2 Å². The predicted molar refractivity (Wildman–Crippen MR) is 80.4 cm³/mol. The standard InChI is InChI=1S/C14H8F2INO3/c15-8-4-2-5-9(16)11(8)13(19)18-12-7(14(20)21)3-1-6-10(12)17/h1-6H,(H,18,19)(H,20,21). The highest BCUT2D eigenvalue weighted by molar-refractivity contribution is 14.1. The number of amides is 1. The lowest BCUT2D eigenvalue weighted by atomic mass is 10.1. The minimum absolute atomic E-state index is 0.00162. The van der Waals surface area contributed by atoms with Crippen LogP contribution >= 0.6 is 22.6 Å². The van der Waals surface area contributed by atoms with Gasteiger partial charge in [-0.3, -0.25) is 4.79 Å². The van der Waals surface area contributed by atoms with Crippen LogP contribution in [-0.2, 0) is 0 Å². The summed E-state index contributed by atoms with van der Waals surface area (Å²) < 4.78 is 27.5. The third-order valence-corrected chi connectivity index (χ3v) is 3.57. The molecule has 0 aromatic heterocycles. The third kappa shape index (κ3) is 3.18. The van der Waals surface area contributed by atoms with E-state index in [1.165, 1.54) is 12.1 Å². The van der Waals surface area contributed by atoms with Crippen molar-refractivity contribution in [2.24, 2.45) is 0 Å². The Balaban J connectivity index is 2.44. The van der Waals surface area contributed by atoms with Crippen LogP contribution in [0.25, 0.3) is 0 Å². The maximum atomic E-state index is 13.5. The van der Waals surface area contributed by atoms with E-state index in [2.05, 4.69) is 5.32 Å². The summed E-state index contributed by atoms with van der Waals surface area (Å²) in [6.07, 6.45) is 0. The molecule has 2 rings (SSSR count). The highest BCUT2D eigenvalue weighted by Crippen LogP contribution is 2.24. The van der Waals surface area contributed by atoms with Gasteiger partial charge in [-0.2, -0.15) is 0 Å². The van der Waals surface area contributed by atoms with Crippen molar-refractivity contribution in [2.75, 3.05) is 5.32 Å². The Morgan fingerprint density at radius 3 is 2.19 bits per heavy atom. The summed E-state index contributed by atoms with van der Waals surface area (Å²) in [5.74, 6) is -4.33. The zero-order valence-corrected chi connectivity index (χ0v) is 12.5. The molecule has 21 heavy (non-hydrogen) atoms. The molecule has 0 unspecified atom stereocenters. The van der Waals surface area contributed by atoms with Gasteiger partial charge in [0.15, 0.2) is 0 Å². The van der Waals surface area contributed by atoms with Crippen molar-refractivity contribution in [1.29, 1.82) is 0 Å². The maximum absolute atomic E-state index is 13.5. The second-order valence-electron chi connectivity index (χ2n) is 4.02. The van der Waals surface area contributed by atoms with Crippen LogP contribution in [0.5, 0.6) is 0 Å². The summed E-state index contributed by atoms with van der Waals surface area (Å²) in [7, 11) is 0. The second kappa shape index (κ2) is 6.17. The number of benzene rings is 2. The van der Waals surface area contributed by atoms with Crippen molar-refractivity contribution in [1.82, 2.24) is 0 Å². The van der Waals surface area contributed by atoms with Gasteiger partial charge in [0.05, 0.1) is 11.3 Å². The van der Waals surface area contributed by atoms with Crippen molar-refractivity contribution >= 4 is 40.2 Å². The number of aromatic carboxylic acids is 1. The van der Waals surface area contributed by atoms with Crippen LogP contribution in [0.4, 0.5) is 14.5 Å². The van der Waals surface area contributed by atoms with E-state index < -0.39 is 29.1 Å². The fourth-order valence-electron chi connectivity index (χ4n) is 1.72. The normalized spacial score (nSPS) is 10.2. The predicted octanol–water partition coefficient (Wildman–Crippen LogP) is 3.52. The molecule has 0 radical (unpaired) electrons. The lowest BCUT2D eigenvalue weighted by Crippen LogP contribution is -2.18. The maximum Gasteiger partial charge on any atom is 0.337 e. The van der Waals surface area contributed by atoms with Crippen molar-refractivity contribution in [3.05, 3.63) is 62.7 Å². The fraction of sp³-hybridized carbons (Fsp3) is 0. The number of hydrogen-bond donors (Lipinski definition) is 2. The average Bonchev–Trinajstić information content (AvgIpc) is 2.40. The Morgan fingerprint density at radius 1 is 1.05 bits per heavy atom. The summed E-state index contributed by atoms with van der Waals surface area (Å²) >= 11 is 1.82. The molecule has 0 heterocycles. The molecule has 0 spiro atoms. The molecule has 7 heteroatoms. The Bertz CT molecular complexity index is 714. The van der Waals surface area contributed by atoms with Crippen LogP contribution in [-0.4, -0.2) is 17.0 Å². The fourth-order valence-corrected chi connectivity index (χ4v) is 2.35. The Hall–Kier alpha value is -2.03. The van der Waals surface area contributed by atoms with Crippen LogP contribution in [0.3, 0.4) is 0 Å². The van der Waals surface area contributed by atoms with Gasteiger partial charge in [-0.25, -0.2) is 13.6 Å². The zero-order chi connectivity index (χ0) is 15.6. The van der Waals surface area contributed by atoms with E-state index in [1.807, 2.05) is 22.6 Å². The SMILES string of the molecule is O=C(O)c1cccc(I)c1NC(=O)c1c(F)cccc1F. The average molecular weight is 403 g/mol. The minimum Gasteiger partial charge on any atom is -0.478 e. The lowest BCUT2D eigenvalue weighted by Gasteiger charge is -2.11. The Kier molecular flexibility index (Phi) is 4.51. The number of carbonyl (C=O) groups excluding carboxylic acids is 1. The van der Waals surface area contributed by atoms with E-state index >= 15 is 0 Å². The number of nitrogens with one attached hydrogen (secondary N) is 1. The molecule has 0 atom stereocenters. The number of para-hydroxylation sites is 1. The number of carboxylic acids is 1. The first-order valence-corrected chi connectivity index (χ1v) is 6.77. The van der Waals surface area contributed by atoms with E-state index in [9.17, 15) is 18.4 Å². The van der Waals surface area contributed by atoms with Crippen LogP contribution in [0, 0.1) is 15.2 Å². The van der Waals surface area contributed by atoms with Crippen LogP contribution in [0.1, 0.15) is 20.7 Å². The first kappa shape index (κ1) is 15.4. The van der Waals surface area contributed by atoms with Crippen molar-refractivity contribution in [3.63, 3.8) is 0 Å². The summed E-state index contributed by atoms with van der Waals surface area (Å²) in [5.41, 5.74) is -0.918. The summed E-state index contributed by atoms with van der Waals surface area (Å²) in [6, 6.07) is 7.40. The molecule has 0 saturated heterocycles.